The van der Waals surface area contributed by atoms with Gasteiger partial charge in [0.15, 0.2) is 0 Å². The molecule has 0 N–H and O–H groups in total. The van der Waals surface area contributed by atoms with Crippen LogP contribution in [0.4, 0.5) is 0 Å². The van der Waals surface area contributed by atoms with Crippen LogP contribution in [0.2, 0.25) is 0 Å². The molecule has 0 amide bonds. The molecule has 0 aromatic rings. The highest BCUT2D eigenvalue weighted by Gasteiger charge is 2.09. The molecule has 0 heterocycles. The molecule has 0 atom stereocenters. The third-order valence-corrected chi connectivity index (χ3v) is 1.55. The van der Waals surface area contributed by atoms with E-state index in [9.17, 15) is 0 Å². The number of ether oxygens (including phenoxy) is 1. The molecule has 0 fully saturated rings. The Balaban J connectivity index is 3.96. The highest BCUT2D eigenvalue weighted by atomic mass is 79.9. The van der Waals surface area contributed by atoms with Crippen LogP contribution in [0.1, 0.15) is 13.8 Å². The van der Waals surface area contributed by atoms with Crippen LogP contribution in [0.25, 0.3) is 0 Å². The van der Waals surface area contributed by atoms with Gasteiger partial charge in [-0.05, 0) is 19.9 Å². The molecule has 0 aliphatic rings. The number of allylic oxidation sites excluding steroid dienone is 2. The smallest absolute Gasteiger partial charge is 0.123 e. The topological polar surface area (TPSA) is 9.23 Å². The Hall–Kier alpha value is -0.260. The fourth-order valence-corrected chi connectivity index (χ4v) is 0.557. The highest BCUT2D eigenvalue weighted by molar-refractivity contribution is 9.09. The molecular weight excluding hydrogens is 204 g/mol. The molecule has 62 valence electrons. The number of hydrogen-bond donors (Lipinski definition) is 0. The van der Waals surface area contributed by atoms with Crippen LogP contribution in [0, 0.1) is 11.8 Å². The molecule has 0 aromatic heterocycles. The second-order valence-corrected chi connectivity index (χ2v) is 3.19. The lowest BCUT2D eigenvalue weighted by Crippen LogP contribution is -2.18. The zero-order valence-corrected chi connectivity index (χ0v) is 8.73. The first kappa shape index (κ1) is 10.7. The van der Waals surface area contributed by atoms with Crippen LogP contribution in [-0.4, -0.2) is 18.0 Å². The van der Waals surface area contributed by atoms with Gasteiger partial charge in [0, 0.05) is 12.4 Å². The number of rotatable bonds is 2. The van der Waals surface area contributed by atoms with E-state index in [4.69, 9.17) is 4.74 Å². The summed E-state index contributed by atoms with van der Waals surface area (Å²) in [5.74, 6) is 5.86. The standard InChI is InChI=1S/C9H13BrO/c1-9(2,11-3)7-5-4-6-8-10/h4,6H,8H2,1-3H3/b6-4+. The van der Waals surface area contributed by atoms with Crippen molar-refractivity contribution < 1.29 is 4.74 Å². The van der Waals surface area contributed by atoms with Gasteiger partial charge >= 0.3 is 0 Å². The third kappa shape index (κ3) is 6.15. The number of alkyl halides is 1. The summed E-state index contributed by atoms with van der Waals surface area (Å²) in [5, 5.41) is 0.842. The molecule has 0 bridgehead atoms. The fourth-order valence-electron chi connectivity index (χ4n) is 0.370. The van der Waals surface area contributed by atoms with E-state index in [0.717, 1.165) is 5.33 Å². The van der Waals surface area contributed by atoms with Gasteiger partial charge in [-0.15, -0.1) is 0 Å². The second kappa shape index (κ2) is 5.40. The minimum Gasteiger partial charge on any atom is -0.366 e. The maximum absolute atomic E-state index is 5.10. The first-order chi connectivity index (χ1) is 5.12. The van der Waals surface area contributed by atoms with Gasteiger partial charge in [0.05, 0.1) is 0 Å². The minimum atomic E-state index is -0.337. The summed E-state index contributed by atoms with van der Waals surface area (Å²) < 4.78 is 5.10. The van der Waals surface area contributed by atoms with Crippen molar-refractivity contribution in [1.82, 2.24) is 0 Å². The van der Waals surface area contributed by atoms with Gasteiger partial charge in [-0.1, -0.05) is 33.8 Å². The van der Waals surface area contributed by atoms with Crippen LogP contribution in [0.5, 0.6) is 0 Å². The summed E-state index contributed by atoms with van der Waals surface area (Å²) in [5.41, 5.74) is -0.337. The van der Waals surface area contributed by atoms with Gasteiger partial charge in [0.25, 0.3) is 0 Å². The average molecular weight is 217 g/mol. The summed E-state index contributed by atoms with van der Waals surface area (Å²) in [6.45, 7) is 3.87. The van der Waals surface area contributed by atoms with Gasteiger partial charge in [-0.2, -0.15) is 0 Å². The molecule has 0 aliphatic carbocycles. The summed E-state index contributed by atoms with van der Waals surface area (Å²) in [4.78, 5) is 0. The van der Waals surface area contributed by atoms with Crippen molar-refractivity contribution in [3.8, 4) is 11.8 Å². The van der Waals surface area contributed by atoms with E-state index < -0.39 is 0 Å². The highest BCUT2D eigenvalue weighted by Crippen LogP contribution is 2.03. The summed E-state index contributed by atoms with van der Waals surface area (Å²) in [7, 11) is 1.66. The predicted octanol–water partition coefficient (Wildman–Crippen LogP) is 2.37. The van der Waals surface area contributed by atoms with Gasteiger partial charge in [0.1, 0.15) is 5.60 Å². The Morgan fingerprint density at radius 3 is 2.64 bits per heavy atom. The van der Waals surface area contributed by atoms with Crippen molar-refractivity contribution in [2.24, 2.45) is 0 Å². The first-order valence-corrected chi connectivity index (χ1v) is 4.53. The van der Waals surface area contributed by atoms with Crippen LogP contribution < -0.4 is 0 Å². The quantitative estimate of drug-likeness (QED) is 0.509. The summed E-state index contributed by atoms with van der Waals surface area (Å²) >= 11 is 3.26. The van der Waals surface area contributed by atoms with Gasteiger partial charge in [-0.25, -0.2) is 0 Å². The fraction of sp³-hybridized carbons (Fsp3) is 0.556. The molecule has 0 aliphatic heterocycles. The summed E-state index contributed by atoms with van der Waals surface area (Å²) in [6.07, 6.45) is 3.76. The van der Waals surface area contributed by atoms with Crippen LogP contribution in [-0.2, 0) is 4.74 Å². The van der Waals surface area contributed by atoms with Crippen molar-refractivity contribution in [3.05, 3.63) is 12.2 Å². The number of hydrogen-bond acceptors (Lipinski definition) is 1. The molecule has 0 aromatic carbocycles. The van der Waals surface area contributed by atoms with Crippen molar-refractivity contribution >= 4 is 15.9 Å². The van der Waals surface area contributed by atoms with E-state index in [1.807, 2.05) is 26.0 Å². The molecule has 0 unspecified atom stereocenters. The maximum Gasteiger partial charge on any atom is 0.123 e. The van der Waals surface area contributed by atoms with Gasteiger partial charge in [-0.3, -0.25) is 0 Å². The molecule has 0 radical (unpaired) electrons. The lowest BCUT2D eigenvalue weighted by atomic mass is 10.1. The second-order valence-electron chi connectivity index (χ2n) is 2.54. The minimum absolute atomic E-state index is 0.337. The van der Waals surface area contributed by atoms with Crippen molar-refractivity contribution in [1.29, 1.82) is 0 Å². The molecule has 0 spiro atoms. The van der Waals surface area contributed by atoms with E-state index >= 15 is 0 Å². The molecule has 0 saturated carbocycles. The van der Waals surface area contributed by atoms with Gasteiger partial charge < -0.3 is 4.74 Å². The first-order valence-electron chi connectivity index (χ1n) is 3.41. The molecule has 0 rings (SSSR count). The molecule has 0 saturated heterocycles. The van der Waals surface area contributed by atoms with E-state index in [0.29, 0.717) is 0 Å². The zero-order chi connectivity index (χ0) is 8.74. The average Bonchev–Trinajstić information content (AvgIpc) is 1.99. The van der Waals surface area contributed by atoms with Crippen molar-refractivity contribution in [2.45, 2.75) is 19.4 Å². The Bertz CT molecular complexity index is 183. The Morgan fingerprint density at radius 2 is 2.18 bits per heavy atom. The largest absolute Gasteiger partial charge is 0.366 e. The monoisotopic (exact) mass is 216 g/mol. The van der Waals surface area contributed by atoms with Gasteiger partial charge in [0.2, 0.25) is 0 Å². The number of methoxy groups -OCH3 is 1. The van der Waals surface area contributed by atoms with Crippen LogP contribution in [0.3, 0.4) is 0 Å². The van der Waals surface area contributed by atoms with E-state index in [2.05, 4.69) is 27.8 Å². The van der Waals surface area contributed by atoms with Crippen LogP contribution in [0.15, 0.2) is 12.2 Å². The SMILES string of the molecule is COC(C)(C)C#C/C=C/CBr. The number of halogens is 1. The lowest BCUT2D eigenvalue weighted by molar-refractivity contribution is 0.0742. The Morgan fingerprint density at radius 1 is 1.55 bits per heavy atom. The zero-order valence-electron chi connectivity index (χ0n) is 7.15. The predicted molar refractivity (Wildman–Crippen MR) is 51.8 cm³/mol. The van der Waals surface area contributed by atoms with Crippen molar-refractivity contribution in [2.75, 3.05) is 12.4 Å². The molecule has 1 nitrogen and oxygen atoms in total. The molecule has 2 heteroatoms. The van der Waals surface area contributed by atoms with Crippen LogP contribution >= 0.6 is 15.9 Å². The van der Waals surface area contributed by atoms with E-state index in [1.54, 1.807) is 7.11 Å². The Labute approximate surface area is 76.9 Å². The lowest BCUT2D eigenvalue weighted by Gasteiger charge is -2.13. The Kier molecular flexibility index (Phi) is 5.27. The maximum atomic E-state index is 5.10. The van der Waals surface area contributed by atoms with E-state index in [-0.39, 0.29) is 5.60 Å². The molecular formula is C9H13BrO. The normalized spacial score (nSPS) is 11.3. The molecule has 11 heavy (non-hydrogen) atoms. The third-order valence-electron chi connectivity index (χ3n) is 1.17. The van der Waals surface area contributed by atoms with Crippen molar-refractivity contribution in [3.63, 3.8) is 0 Å². The summed E-state index contributed by atoms with van der Waals surface area (Å²) in [6, 6.07) is 0. The van der Waals surface area contributed by atoms with E-state index in [1.165, 1.54) is 0 Å².